The van der Waals surface area contributed by atoms with Gasteiger partial charge in [0.05, 0.1) is 10.5 Å². The third-order valence-electron chi connectivity index (χ3n) is 2.65. The van der Waals surface area contributed by atoms with Gasteiger partial charge in [-0.3, -0.25) is 14.9 Å². The second kappa shape index (κ2) is 5.35. The number of aromatic nitrogens is 1. The van der Waals surface area contributed by atoms with Gasteiger partial charge in [-0.1, -0.05) is 12.1 Å². The molecular formula is C13H12N4O3. The number of rotatable bonds is 3. The van der Waals surface area contributed by atoms with Gasteiger partial charge in [-0.2, -0.15) is 0 Å². The molecule has 0 saturated carbocycles. The highest BCUT2D eigenvalue weighted by molar-refractivity contribution is 6.08. The van der Waals surface area contributed by atoms with Gasteiger partial charge in [-0.05, 0) is 25.1 Å². The van der Waals surface area contributed by atoms with E-state index in [9.17, 15) is 14.9 Å². The predicted molar refractivity (Wildman–Crippen MR) is 74.4 cm³/mol. The molecule has 7 nitrogen and oxygen atoms in total. The highest BCUT2D eigenvalue weighted by Gasteiger charge is 2.19. The van der Waals surface area contributed by atoms with Gasteiger partial charge in [-0.15, -0.1) is 0 Å². The maximum Gasteiger partial charge on any atom is 0.292 e. The third kappa shape index (κ3) is 2.72. The number of nitrogen functional groups attached to an aromatic ring is 1. The number of hydrogen-bond acceptors (Lipinski definition) is 5. The van der Waals surface area contributed by atoms with E-state index in [1.807, 2.05) is 0 Å². The normalized spacial score (nSPS) is 10.1. The lowest BCUT2D eigenvalue weighted by molar-refractivity contribution is -0.383. The van der Waals surface area contributed by atoms with Crippen LogP contribution in [0.5, 0.6) is 0 Å². The molecule has 2 rings (SSSR count). The first kappa shape index (κ1) is 13.5. The van der Waals surface area contributed by atoms with Gasteiger partial charge in [0.2, 0.25) is 0 Å². The van der Waals surface area contributed by atoms with Crippen molar-refractivity contribution in [3.63, 3.8) is 0 Å². The minimum absolute atomic E-state index is 0.0440. The molecule has 3 N–H and O–H groups in total. The monoisotopic (exact) mass is 272 g/mol. The molecule has 20 heavy (non-hydrogen) atoms. The number of anilines is 2. The minimum atomic E-state index is -0.628. The molecule has 0 unspecified atom stereocenters. The summed E-state index contributed by atoms with van der Waals surface area (Å²) in [5, 5.41) is 13.3. The smallest absolute Gasteiger partial charge is 0.292 e. The van der Waals surface area contributed by atoms with Crippen molar-refractivity contribution < 1.29 is 9.72 Å². The highest BCUT2D eigenvalue weighted by Crippen LogP contribution is 2.25. The van der Waals surface area contributed by atoms with Crippen LogP contribution in [-0.2, 0) is 0 Å². The summed E-state index contributed by atoms with van der Waals surface area (Å²) in [6.45, 7) is 1.79. The topological polar surface area (TPSA) is 111 Å². The Morgan fingerprint density at radius 1 is 1.30 bits per heavy atom. The van der Waals surface area contributed by atoms with Gasteiger partial charge >= 0.3 is 0 Å². The van der Waals surface area contributed by atoms with E-state index in [2.05, 4.69) is 10.3 Å². The van der Waals surface area contributed by atoms with Crippen LogP contribution in [0.25, 0.3) is 0 Å². The Kier molecular flexibility index (Phi) is 3.60. The van der Waals surface area contributed by atoms with Crippen LogP contribution >= 0.6 is 0 Å². The van der Waals surface area contributed by atoms with Crippen LogP contribution < -0.4 is 11.1 Å². The van der Waals surface area contributed by atoms with E-state index in [1.165, 1.54) is 18.2 Å². The fourth-order valence-electron chi connectivity index (χ4n) is 1.71. The van der Waals surface area contributed by atoms with Gasteiger partial charge in [0.25, 0.3) is 11.6 Å². The fourth-order valence-corrected chi connectivity index (χ4v) is 1.71. The summed E-state index contributed by atoms with van der Waals surface area (Å²) in [5.74, 6) is -0.176. The summed E-state index contributed by atoms with van der Waals surface area (Å²) in [4.78, 5) is 26.3. The SMILES string of the molecule is Cc1cccc(NC(=O)c2cccc([N+](=O)[O-])c2N)n1. The van der Waals surface area contributed by atoms with E-state index in [0.29, 0.717) is 5.82 Å². The van der Waals surface area contributed by atoms with E-state index in [0.717, 1.165) is 5.69 Å². The lowest BCUT2D eigenvalue weighted by Crippen LogP contribution is -2.15. The van der Waals surface area contributed by atoms with Crippen molar-refractivity contribution in [2.24, 2.45) is 0 Å². The first-order valence-corrected chi connectivity index (χ1v) is 5.77. The van der Waals surface area contributed by atoms with Crippen molar-refractivity contribution in [1.82, 2.24) is 4.98 Å². The molecule has 0 aliphatic carbocycles. The van der Waals surface area contributed by atoms with Crippen molar-refractivity contribution >= 4 is 23.1 Å². The Labute approximate surface area is 114 Å². The molecule has 0 radical (unpaired) electrons. The number of nitrogens with zero attached hydrogens (tertiary/aromatic N) is 2. The Bertz CT molecular complexity index is 685. The molecule has 1 aromatic carbocycles. The number of carbonyl (C=O) groups excluding carboxylic acids is 1. The van der Waals surface area contributed by atoms with Gasteiger partial charge in [0.1, 0.15) is 11.5 Å². The van der Waals surface area contributed by atoms with Crippen LogP contribution in [0.15, 0.2) is 36.4 Å². The largest absolute Gasteiger partial charge is 0.393 e. The second-order valence-electron chi connectivity index (χ2n) is 4.11. The van der Waals surface area contributed by atoms with Crippen molar-refractivity contribution in [2.75, 3.05) is 11.1 Å². The number of nitrogens with two attached hydrogens (primary N) is 1. The number of amides is 1. The number of nitro benzene ring substituents is 1. The molecule has 1 aromatic heterocycles. The molecule has 0 saturated heterocycles. The number of nitrogens with one attached hydrogen (secondary N) is 1. The van der Waals surface area contributed by atoms with Crippen LogP contribution in [0.3, 0.4) is 0 Å². The van der Waals surface area contributed by atoms with Gasteiger partial charge in [-0.25, -0.2) is 4.98 Å². The molecule has 1 heterocycles. The van der Waals surface area contributed by atoms with Crippen LogP contribution in [0.2, 0.25) is 0 Å². The van der Waals surface area contributed by atoms with Crippen LogP contribution in [0, 0.1) is 17.0 Å². The minimum Gasteiger partial charge on any atom is -0.393 e. The van der Waals surface area contributed by atoms with Crippen LogP contribution in [-0.4, -0.2) is 15.8 Å². The van der Waals surface area contributed by atoms with Crippen molar-refractivity contribution in [3.05, 3.63) is 57.8 Å². The quantitative estimate of drug-likeness (QED) is 0.505. The lowest BCUT2D eigenvalue weighted by atomic mass is 10.1. The zero-order valence-corrected chi connectivity index (χ0v) is 10.7. The Morgan fingerprint density at radius 3 is 2.65 bits per heavy atom. The van der Waals surface area contributed by atoms with E-state index in [4.69, 9.17) is 5.73 Å². The molecule has 0 aliphatic rings. The molecule has 0 spiro atoms. The standard InChI is InChI=1S/C13H12N4O3/c1-8-4-2-7-11(15-8)16-13(18)9-5-3-6-10(12(9)14)17(19)20/h2-7H,14H2,1H3,(H,15,16,18). The molecule has 7 heteroatoms. The molecule has 0 fully saturated rings. The maximum atomic E-state index is 12.1. The summed E-state index contributed by atoms with van der Waals surface area (Å²) in [5.41, 5.74) is 5.97. The van der Waals surface area contributed by atoms with Crippen molar-refractivity contribution in [1.29, 1.82) is 0 Å². The number of carbonyl (C=O) groups is 1. The summed E-state index contributed by atoms with van der Waals surface area (Å²) in [6.07, 6.45) is 0. The summed E-state index contributed by atoms with van der Waals surface area (Å²) in [6, 6.07) is 9.24. The van der Waals surface area contributed by atoms with Crippen LogP contribution in [0.1, 0.15) is 16.1 Å². The molecular weight excluding hydrogens is 260 g/mol. The van der Waals surface area contributed by atoms with E-state index < -0.39 is 10.8 Å². The van der Waals surface area contributed by atoms with Crippen molar-refractivity contribution in [2.45, 2.75) is 6.92 Å². The average molecular weight is 272 g/mol. The number of benzene rings is 1. The number of para-hydroxylation sites is 1. The van der Waals surface area contributed by atoms with E-state index >= 15 is 0 Å². The van der Waals surface area contributed by atoms with Gasteiger partial charge < -0.3 is 11.1 Å². The van der Waals surface area contributed by atoms with Gasteiger partial charge in [0, 0.05) is 11.8 Å². The Hall–Kier alpha value is -2.96. The number of nitro groups is 1. The van der Waals surface area contributed by atoms with Gasteiger partial charge in [0.15, 0.2) is 0 Å². The first-order valence-electron chi connectivity index (χ1n) is 5.77. The predicted octanol–water partition coefficient (Wildman–Crippen LogP) is 2.13. The molecule has 2 aromatic rings. The first-order chi connectivity index (χ1) is 9.49. The fraction of sp³-hybridized carbons (Fsp3) is 0.0769. The lowest BCUT2D eigenvalue weighted by Gasteiger charge is -2.07. The highest BCUT2D eigenvalue weighted by atomic mass is 16.6. The van der Waals surface area contributed by atoms with E-state index in [1.54, 1.807) is 25.1 Å². The second-order valence-corrected chi connectivity index (χ2v) is 4.11. The number of aryl methyl sites for hydroxylation is 1. The summed E-state index contributed by atoms with van der Waals surface area (Å²) in [7, 11) is 0. The van der Waals surface area contributed by atoms with Crippen LogP contribution in [0.4, 0.5) is 17.2 Å². The summed E-state index contributed by atoms with van der Waals surface area (Å²) < 4.78 is 0. The maximum absolute atomic E-state index is 12.1. The molecule has 102 valence electrons. The molecule has 0 bridgehead atoms. The molecule has 0 aliphatic heterocycles. The Balaban J connectivity index is 2.30. The zero-order valence-electron chi connectivity index (χ0n) is 10.7. The third-order valence-corrected chi connectivity index (χ3v) is 2.65. The van der Waals surface area contributed by atoms with Crippen molar-refractivity contribution in [3.8, 4) is 0 Å². The molecule has 0 atom stereocenters. The summed E-state index contributed by atoms with van der Waals surface area (Å²) >= 11 is 0. The number of hydrogen-bond donors (Lipinski definition) is 2. The van der Waals surface area contributed by atoms with E-state index in [-0.39, 0.29) is 16.9 Å². The average Bonchev–Trinajstić information content (AvgIpc) is 2.38. The number of pyridine rings is 1. The zero-order chi connectivity index (χ0) is 14.7. The molecule has 1 amide bonds. The Morgan fingerprint density at radius 2 is 2.00 bits per heavy atom.